The molecule has 0 aliphatic carbocycles. The van der Waals surface area contributed by atoms with Crippen molar-refractivity contribution in [2.45, 2.75) is 33.0 Å². The Hall–Kier alpha value is -1.23. The van der Waals surface area contributed by atoms with Crippen molar-refractivity contribution < 1.29 is 19.0 Å². The fourth-order valence-corrected chi connectivity index (χ4v) is 2.12. The molecule has 1 aromatic carbocycles. The van der Waals surface area contributed by atoms with Crippen LogP contribution in [0.15, 0.2) is 16.6 Å². The molecule has 0 unspecified atom stereocenters. The Kier molecular flexibility index (Phi) is 3.52. The van der Waals surface area contributed by atoms with Crippen molar-refractivity contribution in [3.63, 3.8) is 0 Å². The van der Waals surface area contributed by atoms with E-state index in [2.05, 4.69) is 15.9 Å². The van der Waals surface area contributed by atoms with Gasteiger partial charge in [-0.3, -0.25) is 0 Å². The van der Waals surface area contributed by atoms with Crippen molar-refractivity contribution in [3.8, 4) is 11.5 Å². The third kappa shape index (κ3) is 2.46. The summed E-state index contributed by atoms with van der Waals surface area (Å²) in [4.78, 5) is 12.0. The summed E-state index contributed by atoms with van der Waals surface area (Å²) in [5, 5.41) is 0. The number of rotatable bonds is 3. The van der Waals surface area contributed by atoms with E-state index < -0.39 is 11.8 Å². The second-order valence-corrected chi connectivity index (χ2v) is 5.34. The highest BCUT2D eigenvalue weighted by Gasteiger charge is 2.37. The quantitative estimate of drug-likeness (QED) is 0.801. The molecule has 0 saturated carbocycles. The molecule has 0 saturated heterocycles. The van der Waals surface area contributed by atoms with Crippen molar-refractivity contribution in [3.05, 3.63) is 22.2 Å². The van der Waals surface area contributed by atoms with Gasteiger partial charge >= 0.3 is 5.97 Å². The lowest BCUT2D eigenvalue weighted by molar-refractivity contribution is -0.128. The van der Waals surface area contributed by atoms with Gasteiger partial charge in [0.25, 0.3) is 0 Å². The molecule has 18 heavy (non-hydrogen) atoms. The third-order valence-corrected chi connectivity index (χ3v) is 3.05. The normalized spacial score (nSPS) is 16.6. The molecule has 0 radical (unpaired) electrons. The number of carbonyl (C=O) groups excluding carboxylic acids is 1. The molecule has 0 amide bonds. The Bertz CT molecular complexity index is 482. The van der Waals surface area contributed by atoms with E-state index in [9.17, 15) is 4.79 Å². The number of cyclic esters (lactones) is 1. The van der Waals surface area contributed by atoms with E-state index in [-0.39, 0.29) is 0 Å². The van der Waals surface area contributed by atoms with E-state index in [1.54, 1.807) is 26.0 Å². The van der Waals surface area contributed by atoms with E-state index in [4.69, 9.17) is 14.2 Å². The lowest BCUT2D eigenvalue weighted by Crippen LogP contribution is -2.39. The fourth-order valence-electron chi connectivity index (χ4n) is 1.71. The molecule has 4 nitrogen and oxygen atoms in total. The minimum atomic E-state index is -0.962. The van der Waals surface area contributed by atoms with Gasteiger partial charge in [-0.05, 0) is 34.5 Å². The minimum Gasteiger partial charge on any atom is -0.493 e. The number of halogens is 1. The Labute approximate surface area is 114 Å². The number of carbonyl (C=O) groups is 1. The maximum Gasteiger partial charge on any atom is 0.349 e. The Balaban J connectivity index is 2.47. The first kappa shape index (κ1) is 13.2. The monoisotopic (exact) mass is 314 g/mol. The van der Waals surface area contributed by atoms with Crippen LogP contribution in [0, 0.1) is 0 Å². The molecule has 0 bridgehead atoms. The van der Waals surface area contributed by atoms with Crippen molar-refractivity contribution in [2.75, 3.05) is 6.61 Å². The molecule has 1 aromatic rings. The number of fused-ring (bicyclic) bond motifs is 1. The summed E-state index contributed by atoms with van der Waals surface area (Å²) in [7, 11) is 0. The van der Waals surface area contributed by atoms with Crippen molar-refractivity contribution in [1.29, 1.82) is 0 Å². The molecule has 1 heterocycles. The predicted octanol–water partition coefficient (Wildman–Crippen LogP) is 3.52. The topological polar surface area (TPSA) is 44.8 Å². The number of esters is 1. The number of benzene rings is 1. The summed E-state index contributed by atoms with van der Waals surface area (Å²) in [6, 6.07) is 3.54. The van der Waals surface area contributed by atoms with Gasteiger partial charge in [-0.1, -0.05) is 6.92 Å². The largest absolute Gasteiger partial charge is 0.493 e. The molecule has 0 spiro atoms. The maximum absolute atomic E-state index is 12.0. The second kappa shape index (κ2) is 4.80. The summed E-state index contributed by atoms with van der Waals surface area (Å²) in [5.41, 5.74) is 0.345. The predicted molar refractivity (Wildman–Crippen MR) is 70.1 cm³/mol. The second-order valence-electron chi connectivity index (χ2n) is 4.49. The molecule has 1 aliphatic heterocycles. The Morgan fingerprint density at radius 3 is 2.72 bits per heavy atom. The Morgan fingerprint density at radius 2 is 2.06 bits per heavy atom. The van der Waals surface area contributed by atoms with Crippen molar-refractivity contribution >= 4 is 21.9 Å². The highest BCUT2D eigenvalue weighted by Crippen LogP contribution is 2.42. The lowest BCUT2D eigenvalue weighted by Gasteiger charge is -2.32. The van der Waals surface area contributed by atoms with Gasteiger partial charge in [-0.15, -0.1) is 0 Å². The van der Waals surface area contributed by atoms with E-state index in [1.807, 2.05) is 6.92 Å². The number of hydrogen-bond donors (Lipinski definition) is 0. The number of ether oxygens (including phenoxy) is 3. The highest BCUT2D eigenvalue weighted by molar-refractivity contribution is 9.10. The molecule has 0 aromatic heterocycles. The average Bonchev–Trinajstić information content (AvgIpc) is 2.27. The molecular weight excluding hydrogens is 300 g/mol. The fraction of sp³-hybridized carbons (Fsp3) is 0.462. The van der Waals surface area contributed by atoms with Crippen LogP contribution in [0.1, 0.15) is 37.6 Å². The van der Waals surface area contributed by atoms with Gasteiger partial charge in [0.05, 0.1) is 11.1 Å². The zero-order valence-electron chi connectivity index (χ0n) is 10.6. The van der Waals surface area contributed by atoms with Crippen LogP contribution in [0.4, 0.5) is 0 Å². The summed E-state index contributed by atoms with van der Waals surface area (Å²) >= 11 is 3.38. The van der Waals surface area contributed by atoms with Crippen molar-refractivity contribution in [2.24, 2.45) is 0 Å². The van der Waals surface area contributed by atoms with Gasteiger partial charge in [0.1, 0.15) is 11.3 Å². The number of hydrogen-bond acceptors (Lipinski definition) is 4. The first-order valence-corrected chi connectivity index (χ1v) is 6.61. The van der Waals surface area contributed by atoms with Gasteiger partial charge < -0.3 is 14.2 Å². The molecule has 2 rings (SSSR count). The van der Waals surface area contributed by atoms with E-state index in [0.717, 1.165) is 6.42 Å². The summed E-state index contributed by atoms with van der Waals surface area (Å²) in [6.45, 7) is 5.94. The zero-order chi connectivity index (χ0) is 13.3. The SMILES string of the molecule is CCCOc1ccc(Br)c2c1C(=O)OC(C)(C)O2. The third-order valence-electron chi connectivity index (χ3n) is 2.42. The lowest BCUT2D eigenvalue weighted by atomic mass is 10.1. The summed E-state index contributed by atoms with van der Waals surface area (Å²) in [6.07, 6.45) is 0.867. The first-order valence-electron chi connectivity index (χ1n) is 5.82. The average molecular weight is 315 g/mol. The van der Waals surface area contributed by atoms with Gasteiger partial charge in [0.15, 0.2) is 5.75 Å². The highest BCUT2D eigenvalue weighted by atomic mass is 79.9. The van der Waals surface area contributed by atoms with Gasteiger partial charge in [-0.2, -0.15) is 0 Å². The smallest absolute Gasteiger partial charge is 0.349 e. The van der Waals surface area contributed by atoms with Gasteiger partial charge in [0, 0.05) is 13.8 Å². The van der Waals surface area contributed by atoms with Crippen LogP contribution in [0.2, 0.25) is 0 Å². The maximum atomic E-state index is 12.0. The van der Waals surface area contributed by atoms with Crippen LogP contribution in [-0.4, -0.2) is 18.4 Å². The van der Waals surface area contributed by atoms with E-state index >= 15 is 0 Å². The van der Waals surface area contributed by atoms with Crippen LogP contribution >= 0.6 is 15.9 Å². The summed E-state index contributed by atoms with van der Waals surface area (Å²) < 4.78 is 17.1. The van der Waals surface area contributed by atoms with Crippen LogP contribution in [0.25, 0.3) is 0 Å². The summed E-state index contributed by atoms with van der Waals surface area (Å²) in [5.74, 6) is -0.412. The van der Waals surface area contributed by atoms with Crippen LogP contribution in [-0.2, 0) is 4.74 Å². The molecule has 0 N–H and O–H groups in total. The molecule has 98 valence electrons. The van der Waals surface area contributed by atoms with Gasteiger partial charge in [0.2, 0.25) is 5.79 Å². The van der Waals surface area contributed by atoms with Crippen LogP contribution in [0.3, 0.4) is 0 Å². The Morgan fingerprint density at radius 1 is 1.33 bits per heavy atom. The zero-order valence-corrected chi connectivity index (χ0v) is 12.2. The van der Waals surface area contributed by atoms with E-state index in [0.29, 0.717) is 28.1 Å². The van der Waals surface area contributed by atoms with Gasteiger partial charge in [-0.25, -0.2) is 4.79 Å². The molecule has 1 aliphatic rings. The van der Waals surface area contributed by atoms with Crippen LogP contribution in [0.5, 0.6) is 11.5 Å². The van der Waals surface area contributed by atoms with E-state index in [1.165, 1.54) is 0 Å². The molecular formula is C13H15BrO4. The molecule has 5 heteroatoms. The molecule has 0 atom stereocenters. The minimum absolute atomic E-state index is 0.345. The van der Waals surface area contributed by atoms with Crippen LogP contribution < -0.4 is 9.47 Å². The first-order chi connectivity index (χ1) is 8.44. The standard InChI is InChI=1S/C13H15BrO4/c1-4-7-16-9-6-5-8(14)11-10(9)12(15)18-13(2,3)17-11/h5-6H,4,7H2,1-3H3. The van der Waals surface area contributed by atoms with Crippen molar-refractivity contribution in [1.82, 2.24) is 0 Å². The molecule has 0 fully saturated rings.